The second kappa shape index (κ2) is 5.66. The van der Waals surface area contributed by atoms with Crippen molar-refractivity contribution in [2.75, 3.05) is 5.32 Å². The molecule has 0 saturated carbocycles. The number of hydrogen-bond donors (Lipinski definition) is 1. The Hall–Kier alpha value is -3.41. The minimum Gasteiger partial charge on any atom is -0.320 e. The Morgan fingerprint density at radius 2 is 2.04 bits per heavy atom. The van der Waals surface area contributed by atoms with Gasteiger partial charge in [-0.1, -0.05) is 18.2 Å². The Morgan fingerprint density at radius 3 is 2.83 bits per heavy atom. The van der Waals surface area contributed by atoms with Crippen LogP contribution in [0.5, 0.6) is 0 Å². The summed E-state index contributed by atoms with van der Waals surface area (Å²) in [6.07, 6.45) is 8.73. The molecule has 0 spiro atoms. The standard InChI is InChI=1S/C18H15N5O/c1-13-4-2-3-5-15(13)21-18(24)16-10-20-17-7-6-14(11-23(16)17)22-9-8-19-12-22/h2-12H,1H3,(H,21,24). The van der Waals surface area contributed by atoms with Crippen LogP contribution in [0.4, 0.5) is 5.69 Å². The van der Waals surface area contributed by atoms with Gasteiger partial charge in [0.25, 0.3) is 5.91 Å². The first-order chi connectivity index (χ1) is 11.7. The molecule has 0 bridgehead atoms. The molecule has 118 valence electrons. The number of nitrogens with zero attached hydrogens (tertiary/aromatic N) is 4. The summed E-state index contributed by atoms with van der Waals surface area (Å²) in [7, 11) is 0. The fourth-order valence-electron chi connectivity index (χ4n) is 2.60. The van der Waals surface area contributed by atoms with Crippen molar-refractivity contribution in [1.29, 1.82) is 0 Å². The highest BCUT2D eigenvalue weighted by atomic mass is 16.1. The molecule has 1 N–H and O–H groups in total. The van der Waals surface area contributed by atoms with Crippen molar-refractivity contribution in [3.63, 3.8) is 0 Å². The molecule has 6 nitrogen and oxygen atoms in total. The van der Waals surface area contributed by atoms with E-state index in [4.69, 9.17) is 0 Å². The van der Waals surface area contributed by atoms with Crippen LogP contribution in [-0.4, -0.2) is 24.8 Å². The van der Waals surface area contributed by atoms with Gasteiger partial charge in [-0.2, -0.15) is 0 Å². The summed E-state index contributed by atoms with van der Waals surface area (Å²) in [5.74, 6) is -0.195. The van der Waals surface area contributed by atoms with Gasteiger partial charge in [-0.25, -0.2) is 9.97 Å². The van der Waals surface area contributed by atoms with Gasteiger partial charge in [0.2, 0.25) is 0 Å². The molecule has 3 heterocycles. The lowest BCUT2D eigenvalue weighted by atomic mass is 10.2. The molecule has 0 radical (unpaired) electrons. The van der Waals surface area contributed by atoms with Crippen molar-refractivity contribution >= 4 is 17.2 Å². The van der Waals surface area contributed by atoms with Gasteiger partial charge >= 0.3 is 0 Å². The number of anilines is 1. The zero-order valence-corrected chi connectivity index (χ0v) is 13.0. The number of nitrogens with one attached hydrogen (secondary N) is 1. The largest absolute Gasteiger partial charge is 0.320 e. The van der Waals surface area contributed by atoms with Gasteiger partial charge < -0.3 is 9.88 Å². The summed E-state index contributed by atoms with van der Waals surface area (Å²) in [5.41, 5.74) is 3.91. The van der Waals surface area contributed by atoms with Crippen molar-refractivity contribution in [2.45, 2.75) is 6.92 Å². The summed E-state index contributed by atoms with van der Waals surface area (Å²) >= 11 is 0. The number of benzene rings is 1. The first-order valence-electron chi connectivity index (χ1n) is 7.55. The smallest absolute Gasteiger partial charge is 0.274 e. The van der Waals surface area contributed by atoms with Crippen LogP contribution < -0.4 is 5.32 Å². The molecular weight excluding hydrogens is 302 g/mol. The highest BCUT2D eigenvalue weighted by Crippen LogP contribution is 2.17. The number of carbonyl (C=O) groups excluding carboxylic acids is 1. The monoisotopic (exact) mass is 317 g/mol. The lowest BCUT2D eigenvalue weighted by Gasteiger charge is -2.09. The maximum Gasteiger partial charge on any atom is 0.274 e. The summed E-state index contributed by atoms with van der Waals surface area (Å²) < 4.78 is 3.66. The maximum absolute atomic E-state index is 12.6. The molecule has 0 fully saturated rings. The molecule has 0 aliphatic carbocycles. The molecule has 0 aliphatic rings. The maximum atomic E-state index is 12.6. The molecule has 0 unspecified atom stereocenters. The normalized spacial score (nSPS) is 10.9. The Bertz CT molecular complexity index is 1020. The van der Waals surface area contributed by atoms with E-state index in [9.17, 15) is 4.79 Å². The van der Waals surface area contributed by atoms with E-state index in [2.05, 4.69) is 15.3 Å². The van der Waals surface area contributed by atoms with E-state index in [1.807, 2.05) is 60.3 Å². The average Bonchev–Trinajstić information content (AvgIpc) is 3.25. The van der Waals surface area contributed by atoms with Gasteiger partial charge in [-0.05, 0) is 30.7 Å². The molecule has 24 heavy (non-hydrogen) atoms. The zero-order chi connectivity index (χ0) is 16.5. The number of para-hydroxylation sites is 1. The molecule has 0 aliphatic heterocycles. The van der Waals surface area contributed by atoms with E-state index >= 15 is 0 Å². The minimum absolute atomic E-state index is 0.195. The van der Waals surface area contributed by atoms with E-state index in [1.54, 1.807) is 23.1 Å². The van der Waals surface area contributed by atoms with Crippen molar-refractivity contribution < 1.29 is 4.79 Å². The second-order valence-electron chi connectivity index (χ2n) is 5.50. The van der Waals surface area contributed by atoms with E-state index in [0.29, 0.717) is 11.3 Å². The number of carbonyl (C=O) groups is 1. The van der Waals surface area contributed by atoms with Crippen LogP contribution in [0.3, 0.4) is 0 Å². The summed E-state index contributed by atoms with van der Waals surface area (Å²) in [6.45, 7) is 1.96. The van der Waals surface area contributed by atoms with Crippen LogP contribution in [0.1, 0.15) is 16.1 Å². The summed E-state index contributed by atoms with van der Waals surface area (Å²) in [6, 6.07) is 11.5. The van der Waals surface area contributed by atoms with Crippen LogP contribution in [0, 0.1) is 6.92 Å². The molecular formula is C18H15N5O. The fraction of sp³-hybridized carbons (Fsp3) is 0.0556. The molecule has 1 aromatic carbocycles. The Balaban J connectivity index is 1.72. The Labute approximate surface area is 138 Å². The van der Waals surface area contributed by atoms with Gasteiger partial charge in [0, 0.05) is 24.3 Å². The minimum atomic E-state index is -0.195. The summed E-state index contributed by atoms with van der Waals surface area (Å²) in [4.78, 5) is 21.0. The van der Waals surface area contributed by atoms with Gasteiger partial charge in [-0.15, -0.1) is 0 Å². The molecule has 0 atom stereocenters. The van der Waals surface area contributed by atoms with Crippen LogP contribution in [0.2, 0.25) is 0 Å². The third-order valence-corrected chi connectivity index (χ3v) is 3.92. The Kier molecular flexibility index (Phi) is 3.35. The SMILES string of the molecule is Cc1ccccc1NC(=O)c1cnc2ccc(-n3ccnc3)cn12. The number of rotatable bonds is 3. The molecule has 1 amide bonds. The zero-order valence-electron chi connectivity index (χ0n) is 13.0. The van der Waals surface area contributed by atoms with Crippen molar-refractivity contribution in [1.82, 2.24) is 18.9 Å². The van der Waals surface area contributed by atoms with Crippen LogP contribution >= 0.6 is 0 Å². The van der Waals surface area contributed by atoms with E-state index < -0.39 is 0 Å². The number of pyridine rings is 1. The van der Waals surface area contributed by atoms with E-state index in [-0.39, 0.29) is 5.91 Å². The first-order valence-corrected chi connectivity index (χ1v) is 7.55. The lowest BCUT2D eigenvalue weighted by molar-refractivity contribution is 0.102. The lowest BCUT2D eigenvalue weighted by Crippen LogP contribution is -2.15. The number of hydrogen-bond acceptors (Lipinski definition) is 3. The van der Waals surface area contributed by atoms with Gasteiger partial charge in [0.15, 0.2) is 0 Å². The number of aryl methyl sites for hydroxylation is 1. The van der Waals surface area contributed by atoms with Gasteiger partial charge in [0.05, 0.1) is 18.2 Å². The molecule has 3 aromatic heterocycles. The topological polar surface area (TPSA) is 64.2 Å². The molecule has 6 heteroatoms. The quantitative estimate of drug-likeness (QED) is 0.631. The number of fused-ring (bicyclic) bond motifs is 1. The van der Waals surface area contributed by atoms with Gasteiger partial charge in [-0.3, -0.25) is 9.20 Å². The van der Waals surface area contributed by atoms with Crippen LogP contribution in [-0.2, 0) is 0 Å². The second-order valence-corrected chi connectivity index (χ2v) is 5.50. The molecule has 0 saturated heterocycles. The van der Waals surface area contributed by atoms with Crippen molar-refractivity contribution in [2.24, 2.45) is 0 Å². The first kappa shape index (κ1) is 14.2. The van der Waals surface area contributed by atoms with E-state index in [0.717, 1.165) is 16.9 Å². The third-order valence-electron chi connectivity index (χ3n) is 3.92. The highest BCUT2D eigenvalue weighted by molar-refractivity contribution is 6.03. The van der Waals surface area contributed by atoms with E-state index in [1.165, 1.54) is 0 Å². The fourth-order valence-corrected chi connectivity index (χ4v) is 2.60. The average molecular weight is 317 g/mol. The van der Waals surface area contributed by atoms with Crippen molar-refractivity contribution in [3.05, 3.63) is 78.8 Å². The van der Waals surface area contributed by atoms with Crippen LogP contribution in [0.25, 0.3) is 11.3 Å². The number of imidazole rings is 2. The number of amides is 1. The highest BCUT2D eigenvalue weighted by Gasteiger charge is 2.13. The predicted octanol–water partition coefficient (Wildman–Crippen LogP) is 3.08. The third kappa shape index (κ3) is 2.44. The number of aromatic nitrogens is 4. The van der Waals surface area contributed by atoms with Crippen LogP contribution in [0.15, 0.2) is 67.5 Å². The van der Waals surface area contributed by atoms with Crippen molar-refractivity contribution in [3.8, 4) is 5.69 Å². The molecule has 4 rings (SSSR count). The van der Waals surface area contributed by atoms with Gasteiger partial charge in [0.1, 0.15) is 11.3 Å². The Morgan fingerprint density at radius 1 is 1.17 bits per heavy atom. The molecule has 4 aromatic rings. The summed E-state index contributed by atoms with van der Waals surface area (Å²) in [5, 5.41) is 2.94. The predicted molar refractivity (Wildman–Crippen MR) is 91.4 cm³/mol.